The summed E-state index contributed by atoms with van der Waals surface area (Å²) in [5.74, 6) is -1.08. The highest BCUT2D eigenvalue weighted by Crippen LogP contribution is 2.15. The third-order valence-corrected chi connectivity index (χ3v) is 3.76. The van der Waals surface area contributed by atoms with Crippen molar-refractivity contribution in [1.29, 1.82) is 0 Å². The number of benzene rings is 1. The predicted octanol–water partition coefficient (Wildman–Crippen LogP) is 1.85. The van der Waals surface area contributed by atoms with Crippen LogP contribution in [0.25, 0.3) is 0 Å². The molecule has 0 radical (unpaired) electrons. The number of hydrogen-bond acceptors (Lipinski definition) is 3. The molecule has 5 heteroatoms. The molecule has 4 nitrogen and oxygen atoms in total. The average Bonchev–Trinajstić information content (AvgIpc) is 2.46. The number of rotatable bonds is 4. The molecule has 1 aliphatic rings. The first-order valence-electron chi connectivity index (χ1n) is 7.28. The summed E-state index contributed by atoms with van der Waals surface area (Å²) >= 11 is 0. The van der Waals surface area contributed by atoms with Crippen LogP contribution in [0.5, 0.6) is 0 Å². The third kappa shape index (κ3) is 4.11. The lowest BCUT2D eigenvalue weighted by Crippen LogP contribution is -2.51. The second-order valence-corrected chi connectivity index (χ2v) is 5.67. The van der Waals surface area contributed by atoms with Crippen molar-refractivity contribution in [3.05, 3.63) is 35.6 Å². The van der Waals surface area contributed by atoms with Crippen LogP contribution in [0.2, 0.25) is 0 Å². The molecule has 0 bridgehead atoms. The Balaban J connectivity index is 1.95. The van der Waals surface area contributed by atoms with Crippen LogP contribution in [-0.2, 0) is 4.79 Å². The van der Waals surface area contributed by atoms with Crippen molar-refractivity contribution in [3.63, 3.8) is 0 Å². The van der Waals surface area contributed by atoms with Crippen molar-refractivity contribution in [3.8, 4) is 0 Å². The zero-order chi connectivity index (χ0) is 15.4. The SMILES string of the molecule is CC1CN(C(=O)CC(C)C(=O)c2cccc(F)c2)CCN1. The van der Waals surface area contributed by atoms with Gasteiger partial charge in [0.15, 0.2) is 5.78 Å². The molecule has 2 unspecified atom stereocenters. The minimum absolute atomic E-state index is 0.0133. The molecule has 1 amide bonds. The summed E-state index contributed by atoms with van der Waals surface area (Å²) in [4.78, 5) is 26.2. The van der Waals surface area contributed by atoms with E-state index in [1.165, 1.54) is 18.2 Å². The van der Waals surface area contributed by atoms with E-state index in [-0.39, 0.29) is 24.2 Å². The Bertz CT molecular complexity index is 533. The van der Waals surface area contributed by atoms with Crippen molar-refractivity contribution < 1.29 is 14.0 Å². The summed E-state index contributed by atoms with van der Waals surface area (Å²) in [5, 5.41) is 3.27. The van der Waals surface area contributed by atoms with Gasteiger partial charge in [-0.25, -0.2) is 4.39 Å². The molecule has 0 saturated carbocycles. The number of carbonyl (C=O) groups excluding carboxylic acids is 2. The van der Waals surface area contributed by atoms with E-state index < -0.39 is 11.7 Å². The van der Waals surface area contributed by atoms with Crippen LogP contribution in [0, 0.1) is 11.7 Å². The quantitative estimate of drug-likeness (QED) is 0.862. The summed E-state index contributed by atoms with van der Waals surface area (Å²) in [5.41, 5.74) is 0.323. The maximum atomic E-state index is 13.2. The Morgan fingerprint density at radius 3 is 2.90 bits per heavy atom. The van der Waals surface area contributed by atoms with Crippen LogP contribution >= 0.6 is 0 Å². The second-order valence-electron chi connectivity index (χ2n) is 5.67. The first-order valence-corrected chi connectivity index (χ1v) is 7.28. The molecule has 114 valence electrons. The van der Waals surface area contributed by atoms with Crippen LogP contribution in [0.15, 0.2) is 24.3 Å². The normalized spacial score (nSPS) is 20.1. The number of Topliss-reactive ketones (excluding diaryl/α,β-unsaturated/α-hetero) is 1. The van der Waals surface area contributed by atoms with Gasteiger partial charge in [-0.1, -0.05) is 19.1 Å². The molecule has 0 aliphatic carbocycles. The van der Waals surface area contributed by atoms with Gasteiger partial charge >= 0.3 is 0 Å². The first kappa shape index (κ1) is 15.6. The molecule has 1 aliphatic heterocycles. The van der Waals surface area contributed by atoms with Crippen molar-refractivity contribution in [2.24, 2.45) is 5.92 Å². The van der Waals surface area contributed by atoms with Gasteiger partial charge in [-0.3, -0.25) is 9.59 Å². The van der Waals surface area contributed by atoms with Crippen LogP contribution in [-0.4, -0.2) is 42.3 Å². The van der Waals surface area contributed by atoms with Crippen molar-refractivity contribution >= 4 is 11.7 Å². The number of halogens is 1. The van der Waals surface area contributed by atoms with Crippen molar-refractivity contribution in [2.45, 2.75) is 26.3 Å². The average molecular weight is 292 g/mol. The minimum Gasteiger partial charge on any atom is -0.340 e. The number of piperazine rings is 1. The molecule has 2 rings (SSSR count). The third-order valence-electron chi connectivity index (χ3n) is 3.76. The number of nitrogens with one attached hydrogen (secondary N) is 1. The summed E-state index contributed by atoms with van der Waals surface area (Å²) in [7, 11) is 0. The zero-order valence-corrected chi connectivity index (χ0v) is 12.4. The fourth-order valence-electron chi connectivity index (χ4n) is 2.57. The van der Waals surface area contributed by atoms with Gasteiger partial charge in [0.1, 0.15) is 5.82 Å². The molecule has 2 atom stereocenters. The molecular formula is C16H21FN2O2. The summed E-state index contributed by atoms with van der Waals surface area (Å²) in [6, 6.07) is 5.89. The molecule has 1 fully saturated rings. The summed E-state index contributed by atoms with van der Waals surface area (Å²) < 4.78 is 13.2. The highest BCUT2D eigenvalue weighted by Gasteiger charge is 2.25. The van der Waals surface area contributed by atoms with E-state index in [0.717, 1.165) is 6.54 Å². The lowest BCUT2D eigenvalue weighted by atomic mass is 9.95. The number of hydrogen-bond donors (Lipinski definition) is 1. The van der Waals surface area contributed by atoms with E-state index in [0.29, 0.717) is 18.7 Å². The summed E-state index contributed by atoms with van der Waals surface area (Å²) in [6.07, 6.45) is 0.169. The molecule has 1 aromatic rings. The Hall–Kier alpha value is -1.75. The van der Waals surface area contributed by atoms with E-state index in [4.69, 9.17) is 0 Å². The maximum Gasteiger partial charge on any atom is 0.223 e. The Morgan fingerprint density at radius 2 is 2.24 bits per heavy atom. The molecule has 21 heavy (non-hydrogen) atoms. The predicted molar refractivity (Wildman–Crippen MR) is 78.6 cm³/mol. The van der Waals surface area contributed by atoms with Gasteiger partial charge in [0.05, 0.1) is 0 Å². The van der Waals surface area contributed by atoms with Gasteiger partial charge in [-0.15, -0.1) is 0 Å². The van der Waals surface area contributed by atoms with Gasteiger partial charge in [0.2, 0.25) is 5.91 Å². The molecule has 1 heterocycles. The van der Waals surface area contributed by atoms with Crippen molar-refractivity contribution in [2.75, 3.05) is 19.6 Å². The van der Waals surface area contributed by atoms with Crippen molar-refractivity contribution in [1.82, 2.24) is 10.2 Å². The smallest absolute Gasteiger partial charge is 0.223 e. The largest absolute Gasteiger partial charge is 0.340 e. The molecule has 1 N–H and O–H groups in total. The van der Waals surface area contributed by atoms with Crippen LogP contribution in [0.4, 0.5) is 4.39 Å². The van der Waals surface area contributed by atoms with Crippen LogP contribution < -0.4 is 5.32 Å². The number of ketones is 1. The Kier molecular flexibility index (Phi) is 5.07. The second kappa shape index (κ2) is 6.80. The Labute approximate surface area is 124 Å². The highest BCUT2D eigenvalue weighted by molar-refractivity contribution is 5.99. The van der Waals surface area contributed by atoms with Crippen LogP contribution in [0.1, 0.15) is 30.6 Å². The van der Waals surface area contributed by atoms with Gasteiger partial charge in [0.25, 0.3) is 0 Å². The van der Waals surface area contributed by atoms with E-state index in [1.54, 1.807) is 17.9 Å². The standard InChI is InChI=1S/C16H21FN2O2/c1-11(16(21)13-4-3-5-14(17)9-13)8-15(20)19-7-6-18-12(2)10-19/h3-5,9,11-12,18H,6-8,10H2,1-2H3. The molecule has 0 aromatic heterocycles. The zero-order valence-electron chi connectivity index (χ0n) is 12.4. The molecule has 1 saturated heterocycles. The lowest BCUT2D eigenvalue weighted by Gasteiger charge is -2.32. The van der Waals surface area contributed by atoms with Gasteiger partial charge in [-0.2, -0.15) is 0 Å². The van der Waals surface area contributed by atoms with E-state index in [9.17, 15) is 14.0 Å². The molecule has 0 spiro atoms. The van der Waals surface area contributed by atoms with Gasteiger partial charge in [0, 0.05) is 43.6 Å². The van der Waals surface area contributed by atoms with E-state index in [2.05, 4.69) is 5.32 Å². The van der Waals surface area contributed by atoms with Gasteiger partial charge in [-0.05, 0) is 19.1 Å². The number of nitrogens with zero attached hydrogens (tertiary/aromatic N) is 1. The number of amides is 1. The summed E-state index contributed by atoms with van der Waals surface area (Å²) in [6.45, 7) is 5.86. The maximum absolute atomic E-state index is 13.2. The molecule has 1 aromatic carbocycles. The Morgan fingerprint density at radius 1 is 1.48 bits per heavy atom. The topological polar surface area (TPSA) is 49.4 Å². The lowest BCUT2D eigenvalue weighted by molar-refractivity contribution is -0.132. The highest BCUT2D eigenvalue weighted by atomic mass is 19.1. The molecular weight excluding hydrogens is 271 g/mol. The van der Waals surface area contributed by atoms with E-state index >= 15 is 0 Å². The first-order chi connectivity index (χ1) is 9.97. The minimum atomic E-state index is -0.440. The van der Waals surface area contributed by atoms with E-state index in [1.807, 2.05) is 6.92 Å². The fraction of sp³-hybridized carbons (Fsp3) is 0.500. The van der Waals surface area contributed by atoms with Gasteiger partial charge < -0.3 is 10.2 Å². The fourth-order valence-corrected chi connectivity index (χ4v) is 2.57. The number of carbonyl (C=O) groups is 2. The monoisotopic (exact) mass is 292 g/mol. The van der Waals surface area contributed by atoms with Crippen LogP contribution in [0.3, 0.4) is 0 Å².